The van der Waals surface area contributed by atoms with Gasteiger partial charge < -0.3 is 4.90 Å². The van der Waals surface area contributed by atoms with E-state index in [9.17, 15) is 4.79 Å². The summed E-state index contributed by atoms with van der Waals surface area (Å²) in [6.45, 7) is 5.33. The van der Waals surface area contributed by atoms with Gasteiger partial charge in [-0.15, -0.1) is 0 Å². The second-order valence-corrected chi connectivity index (χ2v) is 4.53. The van der Waals surface area contributed by atoms with E-state index in [0.717, 1.165) is 18.7 Å². The molecule has 88 valence electrons. The zero-order valence-electron chi connectivity index (χ0n) is 10.1. The van der Waals surface area contributed by atoms with Gasteiger partial charge in [0.1, 0.15) is 6.42 Å². The Morgan fingerprint density at radius 2 is 2.38 bits per heavy atom. The average molecular weight is 223 g/mol. The number of carbonyl (C=O) groups excluding carboxylic acids is 1. The van der Waals surface area contributed by atoms with Gasteiger partial charge in [0.15, 0.2) is 0 Å². The van der Waals surface area contributed by atoms with Crippen molar-refractivity contribution in [3.63, 3.8) is 0 Å². The van der Waals surface area contributed by atoms with Gasteiger partial charge in [0.2, 0.25) is 0 Å². The van der Waals surface area contributed by atoms with Crippen LogP contribution in [0.2, 0.25) is 0 Å². The third-order valence-corrected chi connectivity index (χ3v) is 3.12. The minimum atomic E-state index is -0.332. The molecule has 0 aliphatic carbocycles. The van der Waals surface area contributed by atoms with E-state index in [1.807, 2.05) is 0 Å². The van der Waals surface area contributed by atoms with E-state index in [-0.39, 0.29) is 12.3 Å². The highest BCUT2D eigenvalue weighted by Gasteiger charge is 2.28. The minimum absolute atomic E-state index is 0.133. The molecule has 2 N–H and O–H groups in total. The van der Waals surface area contributed by atoms with Crippen molar-refractivity contribution in [3.05, 3.63) is 0 Å². The Morgan fingerprint density at radius 1 is 1.69 bits per heavy atom. The molecule has 1 aliphatic heterocycles. The van der Waals surface area contributed by atoms with Crippen molar-refractivity contribution in [1.29, 1.82) is 5.26 Å². The first-order chi connectivity index (χ1) is 7.54. The van der Waals surface area contributed by atoms with Gasteiger partial charge in [-0.25, -0.2) is 5.43 Å². The number of nitriles is 1. The van der Waals surface area contributed by atoms with Gasteiger partial charge in [-0.3, -0.25) is 4.79 Å². The maximum Gasteiger partial charge on any atom is 0.254 e. The first-order valence-electron chi connectivity index (χ1n) is 5.59. The lowest BCUT2D eigenvalue weighted by Gasteiger charge is -2.31. The SMILES string of the molecule is C[C@@H]1C[NH+](C)[C@H](C)C/C1=N/NC(=O)CC#N. The number of hydrazone groups is 1. The molecule has 0 radical (unpaired) electrons. The molecule has 1 unspecified atom stereocenters. The van der Waals surface area contributed by atoms with Crippen LogP contribution in [0.1, 0.15) is 26.7 Å². The summed E-state index contributed by atoms with van der Waals surface area (Å²) in [5.74, 6) is 0.0553. The van der Waals surface area contributed by atoms with Crippen molar-refractivity contribution < 1.29 is 9.69 Å². The van der Waals surface area contributed by atoms with E-state index >= 15 is 0 Å². The predicted molar refractivity (Wildman–Crippen MR) is 60.8 cm³/mol. The summed E-state index contributed by atoms with van der Waals surface area (Å²) < 4.78 is 0. The van der Waals surface area contributed by atoms with E-state index < -0.39 is 0 Å². The smallest absolute Gasteiger partial charge is 0.254 e. The molecule has 5 nitrogen and oxygen atoms in total. The molecule has 1 amide bonds. The summed E-state index contributed by atoms with van der Waals surface area (Å²) in [7, 11) is 2.17. The highest BCUT2D eigenvalue weighted by atomic mass is 16.2. The van der Waals surface area contributed by atoms with Crippen LogP contribution in [-0.4, -0.2) is 31.3 Å². The monoisotopic (exact) mass is 223 g/mol. The van der Waals surface area contributed by atoms with Crippen molar-refractivity contribution in [1.82, 2.24) is 5.43 Å². The zero-order valence-corrected chi connectivity index (χ0v) is 10.1. The van der Waals surface area contributed by atoms with E-state index in [1.165, 1.54) is 4.90 Å². The van der Waals surface area contributed by atoms with Crippen LogP contribution >= 0.6 is 0 Å². The Balaban J connectivity index is 2.56. The van der Waals surface area contributed by atoms with Crippen LogP contribution < -0.4 is 10.3 Å². The van der Waals surface area contributed by atoms with E-state index in [4.69, 9.17) is 5.26 Å². The Labute approximate surface area is 96.1 Å². The van der Waals surface area contributed by atoms with Crippen LogP contribution in [0.15, 0.2) is 5.10 Å². The molecule has 0 aromatic rings. The fraction of sp³-hybridized carbons (Fsp3) is 0.727. The molecule has 5 heteroatoms. The van der Waals surface area contributed by atoms with Gasteiger partial charge in [0.25, 0.3) is 5.91 Å². The fourth-order valence-corrected chi connectivity index (χ4v) is 1.89. The lowest BCUT2D eigenvalue weighted by atomic mass is 9.93. The van der Waals surface area contributed by atoms with Gasteiger partial charge in [0, 0.05) is 12.3 Å². The van der Waals surface area contributed by atoms with E-state index in [0.29, 0.717) is 12.0 Å². The van der Waals surface area contributed by atoms with E-state index in [1.54, 1.807) is 6.07 Å². The third-order valence-electron chi connectivity index (χ3n) is 3.12. The number of nitrogens with one attached hydrogen (secondary N) is 2. The molecular weight excluding hydrogens is 204 g/mol. The van der Waals surface area contributed by atoms with Gasteiger partial charge >= 0.3 is 0 Å². The molecule has 3 atom stereocenters. The van der Waals surface area contributed by atoms with Crippen molar-refractivity contribution in [2.75, 3.05) is 13.6 Å². The molecule has 0 saturated carbocycles. The largest absolute Gasteiger partial charge is 0.334 e. The summed E-state index contributed by atoms with van der Waals surface area (Å²) in [6, 6.07) is 2.33. The average Bonchev–Trinajstić information content (AvgIpc) is 2.22. The lowest BCUT2D eigenvalue weighted by molar-refractivity contribution is -0.908. The molecule has 1 saturated heterocycles. The van der Waals surface area contributed by atoms with Crippen LogP contribution in [-0.2, 0) is 4.79 Å². The van der Waals surface area contributed by atoms with Crippen molar-refractivity contribution in [2.45, 2.75) is 32.7 Å². The molecule has 1 aliphatic rings. The molecule has 0 aromatic carbocycles. The number of nitrogens with zero attached hydrogens (tertiary/aromatic N) is 2. The van der Waals surface area contributed by atoms with Crippen LogP contribution in [0, 0.1) is 17.2 Å². The number of rotatable bonds is 2. The topological polar surface area (TPSA) is 69.7 Å². The number of likely N-dealkylation sites (tertiary alicyclic amines) is 1. The summed E-state index contributed by atoms with van der Waals surface area (Å²) in [6.07, 6.45) is 0.770. The number of piperidine rings is 1. The summed E-state index contributed by atoms with van der Waals surface area (Å²) in [5, 5.41) is 12.5. The second-order valence-electron chi connectivity index (χ2n) is 4.53. The van der Waals surface area contributed by atoms with Crippen molar-refractivity contribution >= 4 is 11.6 Å². The number of hydrogen-bond donors (Lipinski definition) is 2. The number of amides is 1. The summed E-state index contributed by atoms with van der Waals surface area (Å²) in [4.78, 5) is 12.6. The molecule has 16 heavy (non-hydrogen) atoms. The highest BCUT2D eigenvalue weighted by molar-refractivity contribution is 5.89. The molecule has 1 heterocycles. The second kappa shape index (κ2) is 5.61. The third kappa shape index (κ3) is 3.31. The Bertz CT molecular complexity index is 331. The van der Waals surface area contributed by atoms with Crippen LogP contribution in [0.25, 0.3) is 0 Å². The van der Waals surface area contributed by atoms with Gasteiger partial charge in [-0.1, -0.05) is 6.92 Å². The first-order valence-corrected chi connectivity index (χ1v) is 5.59. The van der Waals surface area contributed by atoms with Crippen LogP contribution in [0.4, 0.5) is 0 Å². The number of carbonyl (C=O) groups is 1. The normalized spacial score (nSPS) is 32.1. The summed E-state index contributed by atoms with van der Waals surface area (Å²) in [5.41, 5.74) is 3.47. The quantitative estimate of drug-likeness (QED) is 0.609. The number of quaternary nitrogens is 1. The Hall–Kier alpha value is -1.41. The van der Waals surface area contributed by atoms with Gasteiger partial charge in [0.05, 0.1) is 31.4 Å². The first kappa shape index (κ1) is 12.7. The van der Waals surface area contributed by atoms with Crippen molar-refractivity contribution in [2.24, 2.45) is 11.0 Å². The van der Waals surface area contributed by atoms with E-state index in [2.05, 4.69) is 31.4 Å². The number of hydrogen-bond acceptors (Lipinski definition) is 3. The Morgan fingerprint density at radius 3 is 3.00 bits per heavy atom. The van der Waals surface area contributed by atoms with Gasteiger partial charge in [-0.2, -0.15) is 10.4 Å². The molecular formula is C11H19N4O+. The maximum atomic E-state index is 11.1. The van der Waals surface area contributed by atoms with Crippen molar-refractivity contribution in [3.8, 4) is 6.07 Å². The summed E-state index contributed by atoms with van der Waals surface area (Å²) >= 11 is 0. The van der Waals surface area contributed by atoms with Crippen LogP contribution in [0.3, 0.4) is 0 Å². The lowest BCUT2D eigenvalue weighted by Crippen LogP contribution is -3.14. The standard InChI is InChI=1S/C11H18N4O/c1-8-7-15(3)9(2)6-10(8)13-14-11(16)4-5-12/h8-9H,4,6-7H2,1-3H3,(H,14,16)/p+1/b13-10-/t8-,9-/m1/s1. The molecule has 0 spiro atoms. The Kier molecular flexibility index (Phi) is 4.44. The fourth-order valence-electron chi connectivity index (χ4n) is 1.89. The highest BCUT2D eigenvalue weighted by Crippen LogP contribution is 2.07. The minimum Gasteiger partial charge on any atom is -0.334 e. The molecule has 1 rings (SSSR count). The molecule has 0 aromatic heterocycles. The zero-order chi connectivity index (χ0) is 12.1. The molecule has 0 bridgehead atoms. The predicted octanol–water partition coefficient (Wildman–Crippen LogP) is -0.685. The molecule has 1 fully saturated rings. The van der Waals surface area contributed by atoms with Crippen LogP contribution in [0.5, 0.6) is 0 Å². The maximum absolute atomic E-state index is 11.1. The van der Waals surface area contributed by atoms with Gasteiger partial charge in [-0.05, 0) is 6.92 Å².